The van der Waals surface area contributed by atoms with E-state index in [4.69, 9.17) is 33.2 Å². The fourth-order valence-corrected chi connectivity index (χ4v) is 5.80. The average molecular weight is 617 g/mol. The first-order chi connectivity index (χ1) is 21.5. The summed E-state index contributed by atoms with van der Waals surface area (Å²) >= 11 is 0. The number of methoxy groups -OCH3 is 3. The van der Waals surface area contributed by atoms with Crippen LogP contribution in [0.4, 0.5) is 5.69 Å². The van der Waals surface area contributed by atoms with E-state index in [-0.39, 0.29) is 37.4 Å². The van der Waals surface area contributed by atoms with Crippen LogP contribution in [-0.2, 0) is 30.3 Å². The highest BCUT2D eigenvalue weighted by Gasteiger charge is 2.36. The summed E-state index contributed by atoms with van der Waals surface area (Å²) in [5.74, 6) is 1.71. The van der Waals surface area contributed by atoms with Crippen molar-refractivity contribution in [1.82, 2.24) is 5.32 Å². The molecule has 2 heterocycles. The normalized spacial score (nSPS) is 21.4. The average Bonchev–Trinajstić information content (AvgIpc) is 3.05. The molecule has 2 aromatic carbocycles. The molecule has 246 valence electrons. The molecule has 4 rings (SSSR count). The van der Waals surface area contributed by atoms with Gasteiger partial charge in [0.2, 0.25) is 0 Å². The van der Waals surface area contributed by atoms with Crippen molar-refractivity contribution in [2.75, 3.05) is 85.4 Å². The number of nitrogens with one attached hydrogen (secondary N) is 1. The molecule has 1 fully saturated rings. The Hall–Kier alpha value is -2.44. The van der Waals surface area contributed by atoms with Crippen LogP contribution in [0.5, 0.6) is 11.5 Å². The number of hydrogen-bond acceptors (Lipinski definition) is 10. The molecule has 5 atom stereocenters. The maximum absolute atomic E-state index is 10.3. The first-order valence-electron chi connectivity index (χ1n) is 15.9. The van der Waals surface area contributed by atoms with Crippen LogP contribution in [0.3, 0.4) is 0 Å². The van der Waals surface area contributed by atoms with Gasteiger partial charge in [0.1, 0.15) is 24.2 Å². The van der Waals surface area contributed by atoms with E-state index in [1.165, 1.54) is 0 Å². The molecule has 0 bridgehead atoms. The van der Waals surface area contributed by atoms with Crippen molar-refractivity contribution in [3.05, 3.63) is 53.6 Å². The van der Waals surface area contributed by atoms with Gasteiger partial charge in [-0.05, 0) is 61.6 Å². The monoisotopic (exact) mass is 616 g/mol. The van der Waals surface area contributed by atoms with Crippen molar-refractivity contribution in [1.29, 1.82) is 0 Å². The highest BCUT2D eigenvalue weighted by molar-refractivity contribution is 5.61. The lowest BCUT2D eigenvalue weighted by molar-refractivity contribution is -0.0856. The van der Waals surface area contributed by atoms with Crippen LogP contribution in [0.2, 0.25) is 0 Å². The van der Waals surface area contributed by atoms with Crippen LogP contribution in [0.15, 0.2) is 42.5 Å². The van der Waals surface area contributed by atoms with Crippen molar-refractivity contribution in [3.63, 3.8) is 0 Å². The lowest BCUT2D eigenvalue weighted by Crippen LogP contribution is -2.51. The molecule has 44 heavy (non-hydrogen) atoms. The van der Waals surface area contributed by atoms with E-state index < -0.39 is 6.10 Å². The fourth-order valence-electron chi connectivity index (χ4n) is 5.80. The molecule has 0 aliphatic carbocycles. The zero-order valence-electron chi connectivity index (χ0n) is 26.9. The summed E-state index contributed by atoms with van der Waals surface area (Å²) in [7, 11) is 5.05. The highest BCUT2D eigenvalue weighted by Crippen LogP contribution is 2.35. The minimum absolute atomic E-state index is 0.0332. The second-order valence-electron chi connectivity index (χ2n) is 11.6. The zero-order valence-corrected chi connectivity index (χ0v) is 26.9. The van der Waals surface area contributed by atoms with E-state index >= 15 is 0 Å². The minimum Gasteiger partial charge on any atom is -0.494 e. The van der Waals surface area contributed by atoms with Gasteiger partial charge in [-0.2, -0.15) is 0 Å². The summed E-state index contributed by atoms with van der Waals surface area (Å²) in [5.41, 5.74) is 3.31. The number of benzene rings is 2. The number of rotatable bonds is 19. The third-order valence-electron chi connectivity index (χ3n) is 8.27. The van der Waals surface area contributed by atoms with Crippen molar-refractivity contribution < 1.29 is 38.3 Å². The summed E-state index contributed by atoms with van der Waals surface area (Å²) in [4.78, 5) is 2.36. The molecule has 2 aliphatic rings. The summed E-state index contributed by atoms with van der Waals surface area (Å²) in [6.45, 7) is 8.13. The maximum atomic E-state index is 10.3. The van der Waals surface area contributed by atoms with Crippen molar-refractivity contribution in [3.8, 4) is 11.5 Å². The summed E-state index contributed by atoms with van der Waals surface area (Å²) in [6, 6.07) is 14.6. The van der Waals surface area contributed by atoms with Crippen molar-refractivity contribution in [2.24, 2.45) is 0 Å². The SMILES string of the molecule is COCCCN1CCOc2ccc(CO[C@H]3CNC[C@@H](OC[C@@H](O)COC)[C@@H]3c3ccc(OCCC[C@@H](C)OC)cc3)cc21. The fraction of sp³-hybridized carbons (Fsp3) is 0.647. The summed E-state index contributed by atoms with van der Waals surface area (Å²) in [6.07, 6.45) is 2.06. The van der Waals surface area contributed by atoms with Crippen LogP contribution in [0.25, 0.3) is 0 Å². The summed E-state index contributed by atoms with van der Waals surface area (Å²) in [5, 5.41) is 13.8. The molecule has 0 radical (unpaired) electrons. The smallest absolute Gasteiger partial charge is 0.142 e. The van der Waals surface area contributed by atoms with E-state index in [0.29, 0.717) is 32.9 Å². The first kappa shape index (κ1) is 34.4. The van der Waals surface area contributed by atoms with E-state index in [2.05, 4.69) is 41.4 Å². The van der Waals surface area contributed by atoms with Gasteiger partial charge in [0.05, 0.1) is 57.0 Å². The van der Waals surface area contributed by atoms with Gasteiger partial charge in [-0.15, -0.1) is 0 Å². The third-order valence-corrected chi connectivity index (χ3v) is 8.27. The predicted molar refractivity (Wildman–Crippen MR) is 170 cm³/mol. The molecule has 0 aromatic heterocycles. The number of piperidine rings is 1. The lowest BCUT2D eigenvalue weighted by atomic mass is 9.85. The Kier molecular flexibility index (Phi) is 14.5. The van der Waals surface area contributed by atoms with Crippen molar-refractivity contribution in [2.45, 2.75) is 63.1 Å². The van der Waals surface area contributed by atoms with Crippen LogP contribution < -0.4 is 19.7 Å². The number of aliphatic hydroxyl groups excluding tert-OH is 1. The molecule has 0 spiro atoms. The Balaban J connectivity index is 1.44. The molecule has 10 heteroatoms. The number of ether oxygens (including phenoxy) is 7. The third kappa shape index (κ3) is 10.3. The van der Waals surface area contributed by atoms with Crippen LogP contribution in [-0.4, -0.2) is 110 Å². The summed E-state index contributed by atoms with van der Waals surface area (Å²) < 4.78 is 40.5. The molecule has 2 aromatic rings. The van der Waals surface area contributed by atoms with Gasteiger partial charge in [-0.1, -0.05) is 18.2 Å². The number of aliphatic hydroxyl groups is 1. The molecule has 0 amide bonds. The predicted octanol–water partition coefficient (Wildman–Crippen LogP) is 3.78. The molecular formula is C34H52N2O8. The topological polar surface area (TPSA) is 100 Å². The Morgan fingerprint density at radius 2 is 1.75 bits per heavy atom. The number of anilines is 1. The quantitative estimate of drug-likeness (QED) is 0.227. The van der Waals surface area contributed by atoms with Crippen molar-refractivity contribution >= 4 is 5.69 Å². The van der Waals surface area contributed by atoms with E-state index in [9.17, 15) is 5.11 Å². The molecular weight excluding hydrogens is 564 g/mol. The van der Waals surface area contributed by atoms with E-state index in [1.807, 2.05) is 18.2 Å². The van der Waals surface area contributed by atoms with Gasteiger partial charge < -0.3 is 48.5 Å². The standard InChI is InChI=1S/C34H52N2O8/c1-25(40-4)7-5-17-41-29-11-9-27(10-12-29)34-32(20-35-21-33(34)44-24-28(37)23-39-3)43-22-26-8-13-31-30(19-26)36(15-18-42-31)14-6-16-38-2/h8-13,19,25,28,32-35,37H,5-7,14-18,20-24H2,1-4H3/t25-,28+,32+,33-,34-/m1/s1. The second-order valence-corrected chi connectivity index (χ2v) is 11.6. The van der Waals surface area contributed by atoms with Crippen LogP contribution >= 0.6 is 0 Å². The zero-order chi connectivity index (χ0) is 31.1. The number of nitrogens with zero attached hydrogens (tertiary/aromatic N) is 1. The minimum atomic E-state index is -0.692. The van der Waals surface area contributed by atoms with Gasteiger partial charge in [-0.3, -0.25) is 0 Å². The first-order valence-corrected chi connectivity index (χ1v) is 15.9. The largest absolute Gasteiger partial charge is 0.494 e. The maximum Gasteiger partial charge on any atom is 0.142 e. The van der Waals surface area contributed by atoms with Gasteiger partial charge in [0.15, 0.2) is 0 Å². The Bertz CT molecular complexity index is 1090. The molecule has 1 saturated heterocycles. The van der Waals surface area contributed by atoms with Gasteiger partial charge >= 0.3 is 0 Å². The van der Waals surface area contributed by atoms with Crippen LogP contribution in [0.1, 0.15) is 43.2 Å². The molecule has 10 nitrogen and oxygen atoms in total. The Morgan fingerprint density at radius 3 is 2.50 bits per heavy atom. The molecule has 0 unspecified atom stereocenters. The highest BCUT2D eigenvalue weighted by atomic mass is 16.5. The van der Waals surface area contributed by atoms with Crippen LogP contribution in [0, 0.1) is 0 Å². The molecule has 0 saturated carbocycles. The van der Waals surface area contributed by atoms with Gasteiger partial charge in [-0.25, -0.2) is 0 Å². The van der Waals surface area contributed by atoms with Gasteiger partial charge in [0.25, 0.3) is 0 Å². The lowest BCUT2D eigenvalue weighted by Gasteiger charge is -2.39. The Labute approximate surface area is 262 Å². The number of fused-ring (bicyclic) bond motifs is 1. The number of hydrogen-bond donors (Lipinski definition) is 2. The molecule has 2 N–H and O–H groups in total. The van der Waals surface area contributed by atoms with E-state index in [0.717, 1.165) is 67.3 Å². The second kappa shape index (κ2) is 18.5. The van der Waals surface area contributed by atoms with Gasteiger partial charge in [0, 0.05) is 53.5 Å². The van der Waals surface area contributed by atoms with E-state index in [1.54, 1.807) is 21.3 Å². The Morgan fingerprint density at radius 1 is 0.955 bits per heavy atom. The molecule has 2 aliphatic heterocycles.